The molecule has 7 nitrogen and oxygen atoms in total. The van der Waals surface area contributed by atoms with Crippen molar-refractivity contribution in [3.8, 4) is 0 Å². The quantitative estimate of drug-likeness (QED) is 0.355. The summed E-state index contributed by atoms with van der Waals surface area (Å²) in [6.45, 7) is 0.136. The number of rotatable bonds is 4. The lowest BCUT2D eigenvalue weighted by Crippen LogP contribution is -2.01. The molecule has 7 heteroatoms. The van der Waals surface area contributed by atoms with Crippen LogP contribution in [0.4, 0.5) is 0 Å². The Morgan fingerprint density at radius 1 is 1.40 bits per heavy atom. The Morgan fingerprint density at radius 2 is 2.10 bits per heavy atom. The van der Waals surface area contributed by atoms with Gasteiger partial charge in [-0.05, 0) is 17.5 Å². The van der Waals surface area contributed by atoms with Crippen LogP contribution in [-0.4, -0.2) is 17.9 Å². The van der Waals surface area contributed by atoms with Gasteiger partial charge in [0.15, 0.2) is 0 Å². The topological polar surface area (TPSA) is 118 Å². The molecule has 0 saturated carbocycles. The SMILES string of the molecule is [N-]=[N+]=NCCC(O)N=[N+]=[N-]. The fraction of sp³-hybridized carbons (Fsp3) is 1.00. The van der Waals surface area contributed by atoms with E-state index >= 15 is 0 Å². The van der Waals surface area contributed by atoms with Gasteiger partial charge >= 0.3 is 0 Å². The maximum atomic E-state index is 8.67. The molecule has 0 aromatic heterocycles. The Morgan fingerprint density at radius 3 is 2.60 bits per heavy atom. The number of nitrogens with zero attached hydrogens (tertiary/aromatic N) is 6. The lowest BCUT2D eigenvalue weighted by Gasteiger charge is -1.96. The largest absolute Gasteiger partial charge is 0.387 e. The summed E-state index contributed by atoms with van der Waals surface area (Å²) in [6.07, 6.45) is -0.927. The minimum absolute atomic E-state index is 0.136. The Hall–Kier alpha value is -1.42. The average molecular weight is 142 g/mol. The van der Waals surface area contributed by atoms with E-state index in [2.05, 4.69) is 20.1 Å². The van der Waals surface area contributed by atoms with Crippen molar-refractivity contribution < 1.29 is 5.11 Å². The van der Waals surface area contributed by atoms with Crippen LogP contribution in [0, 0.1) is 0 Å². The fourth-order valence-corrected chi connectivity index (χ4v) is 0.335. The second-order valence-electron chi connectivity index (χ2n) is 1.43. The highest BCUT2D eigenvalue weighted by Crippen LogP contribution is 1.93. The lowest BCUT2D eigenvalue weighted by atomic mass is 10.4. The second-order valence-corrected chi connectivity index (χ2v) is 1.43. The molecular weight excluding hydrogens is 136 g/mol. The van der Waals surface area contributed by atoms with Gasteiger partial charge < -0.3 is 5.11 Å². The summed E-state index contributed by atoms with van der Waals surface area (Å²) in [5.41, 5.74) is 15.6. The van der Waals surface area contributed by atoms with E-state index in [1.54, 1.807) is 0 Å². The number of aliphatic hydroxyl groups is 1. The second kappa shape index (κ2) is 5.71. The number of aliphatic hydroxyl groups excluding tert-OH is 1. The summed E-state index contributed by atoms with van der Waals surface area (Å²) in [5, 5.41) is 14.8. The van der Waals surface area contributed by atoms with Gasteiger partial charge in [0.25, 0.3) is 0 Å². The maximum Gasteiger partial charge on any atom is 0.133 e. The molecular formula is C3H6N6O. The minimum atomic E-state index is -1.09. The third kappa shape index (κ3) is 4.73. The molecule has 0 rings (SSSR count). The first-order valence-electron chi connectivity index (χ1n) is 2.54. The molecule has 1 N–H and O–H groups in total. The first kappa shape index (κ1) is 8.58. The monoisotopic (exact) mass is 142 g/mol. The first-order valence-corrected chi connectivity index (χ1v) is 2.54. The molecule has 0 bridgehead atoms. The van der Waals surface area contributed by atoms with Crippen LogP contribution in [0.2, 0.25) is 0 Å². The fourth-order valence-electron chi connectivity index (χ4n) is 0.335. The molecule has 1 atom stereocenters. The van der Waals surface area contributed by atoms with Gasteiger partial charge in [-0.25, -0.2) is 0 Å². The van der Waals surface area contributed by atoms with Crippen LogP contribution >= 0.6 is 0 Å². The van der Waals surface area contributed by atoms with E-state index in [1.807, 2.05) is 0 Å². The van der Waals surface area contributed by atoms with Gasteiger partial charge in [0.1, 0.15) is 6.23 Å². The number of hydrogen-bond acceptors (Lipinski definition) is 3. The van der Waals surface area contributed by atoms with Gasteiger partial charge in [0, 0.05) is 16.4 Å². The normalized spacial score (nSPS) is 10.9. The molecule has 0 aliphatic rings. The molecule has 54 valence electrons. The van der Waals surface area contributed by atoms with E-state index in [0.717, 1.165) is 0 Å². The molecule has 0 aromatic carbocycles. The van der Waals surface area contributed by atoms with E-state index < -0.39 is 6.23 Å². The zero-order valence-corrected chi connectivity index (χ0v) is 5.12. The molecule has 0 aliphatic carbocycles. The average Bonchev–Trinajstić information content (AvgIpc) is 1.89. The minimum Gasteiger partial charge on any atom is -0.387 e. The van der Waals surface area contributed by atoms with E-state index in [4.69, 9.17) is 16.2 Å². The summed E-state index contributed by atoms with van der Waals surface area (Å²) < 4.78 is 0. The number of hydrogen-bond donors (Lipinski definition) is 1. The van der Waals surface area contributed by atoms with Gasteiger partial charge in [-0.15, -0.1) is 0 Å². The van der Waals surface area contributed by atoms with Gasteiger partial charge in [-0.2, -0.15) is 0 Å². The summed E-state index contributed by atoms with van der Waals surface area (Å²) in [4.78, 5) is 4.80. The Balaban J connectivity index is 3.48. The van der Waals surface area contributed by atoms with Crippen molar-refractivity contribution in [2.45, 2.75) is 12.6 Å². The van der Waals surface area contributed by atoms with Gasteiger partial charge in [-0.1, -0.05) is 10.2 Å². The van der Waals surface area contributed by atoms with Crippen LogP contribution in [0.3, 0.4) is 0 Å². The van der Waals surface area contributed by atoms with Gasteiger partial charge in [-0.3, -0.25) is 0 Å². The maximum absolute atomic E-state index is 8.67. The van der Waals surface area contributed by atoms with Crippen LogP contribution in [0.5, 0.6) is 0 Å². The Bertz CT molecular complexity index is 177. The molecule has 0 amide bonds. The zero-order valence-electron chi connectivity index (χ0n) is 5.12. The molecule has 0 radical (unpaired) electrons. The van der Waals surface area contributed by atoms with Gasteiger partial charge in [0.2, 0.25) is 0 Å². The van der Waals surface area contributed by atoms with Crippen molar-refractivity contribution in [3.63, 3.8) is 0 Å². The molecule has 0 heterocycles. The third-order valence-corrected chi connectivity index (χ3v) is 0.735. The predicted octanol–water partition coefficient (Wildman–Crippen LogP) is 1.32. The van der Waals surface area contributed by atoms with Crippen molar-refractivity contribution in [2.24, 2.45) is 10.2 Å². The summed E-state index contributed by atoms with van der Waals surface area (Å²) in [6, 6.07) is 0. The van der Waals surface area contributed by atoms with E-state index in [9.17, 15) is 0 Å². The van der Waals surface area contributed by atoms with Crippen molar-refractivity contribution in [1.82, 2.24) is 0 Å². The highest BCUT2D eigenvalue weighted by atomic mass is 16.3. The predicted molar refractivity (Wildman–Crippen MR) is 33.8 cm³/mol. The Kier molecular flexibility index (Phi) is 4.90. The lowest BCUT2D eigenvalue weighted by molar-refractivity contribution is 0.175. The van der Waals surface area contributed by atoms with Crippen molar-refractivity contribution >= 4 is 0 Å². The summed E-state index contributed by atoms with van der Waals surface area (Å²) in [5.74, 6) is 0. The molecule has 1 unspecified atom stereocenters. The first-order chi connectivity index (χ1) is 4.81. The summed E-state index contributed by atoms with van der Waals surface area (Å²) >= 11 is 0. The van der Waals surface area contributed by atoms with Crippen LogP contribution in [0.25, 0.3) is 20.9 Å². The number of azide groups is 2. The zero-order chi connectivity index (χ0) is 7.82. The smallest absolute Gasteiger partial charge is 0.133 e. The molecule has 10 heavy (non-hydrogen) atoms. The molecule has 0 aliphatic heterocycles. The van der Waals surface area contributed by atoms with E-state index in [-0.39, 0.29) is 13.0 Å². The molecule has 0 spiro atoms. The van der Waals surface area contributed by atoms with Crippen LogP contribution in [-0.2, 0) is 0 Å². The van der Waals surface area contributed by atoms with Crippen LogP contribution < -0.4 is 0 Å². The molecule has 0 saturated heterocycles. The highest BCUT2D eigenvalue weighted by molar-refractivity contribution is 4.55. The Labute approximate surface area is 56.5 Å². The highest BCUT2D eigenvalue weighted by Gasteiger charge is 1.96. The third-order valence-electron chi connectivity index (χ3n) is 0.735. The van der Waals surface area contributed by atoms with Crippen LogP contribution in [0.1, 0.15) is 6.42 Å². The molecule has 0 aromatic rings. The van der Waals surface area contributed by atoms with Crippen LogP contribution in [0.15, 0.2) is 10.2 Å². The van der Waals surface area contributed by atoms with Crippen molar-refractivity contribution in [1.29, 1.82) is 0 Å². The van der Waals surface area contributed by atoms with E-state index in [1.165, 1.54) is 0 Å². The van der Waals surface area contributed by atoms with Crippen molar-refractivity contribution in [2.75, 3.05) is 6.54 Å². The molecule has 0 fully saturated rings. The standard InChI is InChI=1S/C3H6N6O/c4-8-6-2-1-3(10)7-9-5/h3,10H,1-2H2. The van der Waals surface area contributed by atoms with Gasteiger partial charge in [0.05, 0.1) is 0 Å². The van der Waals surface area contributed by atoms with Crippen molar-refractivity contribution in [3.05, 3.63) is 20.9 Å². The van der Waals surface area contributed by atoms with E-state index in [0.29, 0.717) is 0 Å². The summed E-state index contributed by atoms with van der Waals surface area (Å²) in [7, 11) is 0.